The number of nitrogens with one attached hydrogen (secondary N) is 1. The number of nitriles is 1. The van der Waals surface area contributed by atoms with E-state index in [1.165, 1.54) is 25.7 Å². The normalized spacial score (nSPS) is 28.1. The zero-order valence-electron chi connectivity index (χ0n) is 12.2. The van der Waals surface area contributed by atoms with Crippen molar-refractivity contribution < 1.29 is 0 Å². The molecule has 2 atom stereocenters. The first-order valence-electron chi connectivity index (χ1n) is 7.83. The van der Waals surface area contributed by atoms with E-state index in [-0.39, 0.29) is 0 Å². The molecular formula is C17H23N3. The number of hydrogen-bond acceptors (Lipinski definition) is 3. The fraction of sp³-hybridized carbons (Fsp3) is 0.588. The first-order chi connectivity index (χ1) is 9.81. The molecule has 2 fully saturated rings. The maximum atomic E-state index is 9.36. The van der Waals surface area contributed by atoms with Gasteiger partial charge in [-0.15, -0.1) is 0 Å². The van der Waals surface area contributed by atoms with Crippen LogP contribution in [0.25, 0.3) is 0 Å². The Morgan fingerprint density at radius 3 is 2.60 bits per heavy atom. The Balaban J connectivity index is 1.87. The van der Waals surface area contributed by atoms with E-state index >= 15 is 0 Å². The van der Waals surface area contributed by atoms with Crippen molar-refractivity contribution >= 4 is 5.69 Å². The smallest absolute Gasteiger partial charge is 0.101 e. The predicted octanol–water partition coefficient (Wildman–Crippen LogP) is 3.06. The van der Waals surface area contributed by atoms with Gasteiger partial charge in [0.05, 0.1) is 11.3 Å². The van der Waals surface area contributed by atoms with Crippen LogP contribution in [0.3, 0.4) is 0 Å². The number of nitrogens with zero attached hydrogens (tertiary/aromatic N) is 2. The summed E-state index contributed by atoms with van der Waals surface area (Å²) in [7, 11) is 0. The van der Waals surface area contributed by atoms with Crippen molar-refractivity contribution in [2.24, 2.45) is 0 Å². The molecule has 0 radical (unpaired) electrons. The lowest BCUT2D eigenvalue weighted by Crippen LogP contribution is -2.48. The van der Waals surface area contributed by atoms with Gasteiger partial charge in [-0.05, 0) is 44.2 Å². The fourth-order valence-corrected chi connectivity index (χ4v) is 3.84. The fourth-order valence-electron chi connectivity index (χ4n) is 3.84. The quantitative estimate of drug-likeness (QED) is 0.913. The molecule has 106 valence electrons. The van der Waals surface area contributed by atoms with E-state index in [9.17, 15) is 5.26 Å². The number of rotatable bonds is 4. The monoisotopic (exact) mass is 269 g/mol. The highest BCUT2D eigenvalue weighted by Gasteiger charge is 2.36. The third-order valence-corrected chi connectivity index (χ3v) is 4.69. The first kappa shape index (κ1) is 13.5. The Morgan fingerprint density at radius 1 is 1.25 bits per heavy atom. The molecule has 0 amide bonds. The van der Waals surface area contributed by atoms with Crippen LogP contribution in [0, 0.1) is 11.3 Å². The zero-order valence-corrected chi connectivity index (χ0v) is 12.2. The molecule has 2 aliphatic rings. The molecule has 1 aromatic carbocycles. The highest BCUT2D eigenvalue weighted by atomic mass is 15.2. The van der Waals surface area contributed by atoms with Gasteiger partial charge in [0, 0.05) is 24.7 Å². The van der Waals surface area contributed by atoms with Gasteiger partial charge in [-0.2, -0.15) is 5.26 Å². The summed E-state index contributed by atoms with van der Waals surface area (Å²) in [5.41, 5.74) is 1.94. The topological polar surface area (TPSA) is 39.1 Å². The number of piperidine rings is 1. The van der Waals surface area contributed by atoms with Crippen LogP contribution in [0.2, 0.25) is 0 Å². The summed E-state index contributed by atoms with van der Waals surface area (Å²) in [6, 6.07) is 12.4. The van der Waals surface area contributed by atoms with Crippen LogP contribution < -0.4 is 10.2 Å². The summed E-state index contributed by atoms with van der Waals surface area (Å²) in [5.74, 6) is 0. The maximum Gasteiger partial charge on any atom is 0.101 e. The second-order valence-corrected chi connectivity index (χ2v) is 6.09. The largest absolute Gasteiger partial charge is 0.367 e. The summed E-state index contributed by atoms with van der Waals surface area (Å²) in [6.45, 7) is 3.26. The molecule has 20 heavy (non-hydrogen) atoms. The van der Waals surface area contributed by atoms with Crippen molar-refractivity contribution in [1.82, 2.24) is 5.32 Å². The minimum Gasteiger partial charge on any atom is -0.367 e. The van der Waals surface area contributed by atoms with Crippen LogP contribution in [-0.2, 0) is 0 Å². The second kappa shape index (κ2) is 5.85. The molecular weight excluding hydrogens is 246 g/mol. The average molecular weight is 269 g/mol. The van der Waals surface area contributed by atoms with Gasteiger partial charge in [-0.1, -0.05) is 19.1 Å². The molecule has 0 saturated carbocycles. The molecule has 2 unspecified atom stereocenters. The van der Waals surface area contributed by atoms with Gasteiger partial charge in [-0.25, -0.2) is 0 Å². The Labute approximate surface area is 121 Å². The van der Waals surface area contributed by atoms with Crippen molar-refractivity contribution in [3.05, 3.63) is 29.8 Å². The van der Waals surface area contributed by atoms with Crippen molar-refractivity contribution in [3.8, 4) is 6.07 Å². The minimum absolute atomic E-state index is 0.586. The van der Waals surface area contributed by atoms with Crippen LogP contribution in [0.15, 0.2) is 24.3 Å². The summed E-state index contributed by atoms with van der Waals surface area (Å²) < 4.78 is 0. The molecule has 0 aliphatic carbocycles. The summed E-state index contributed by atoms with van der Waals surface area (Å²) in [6.07, 6.45) is 6.20. The third-order valence-electron chi connectivity index (χ3n) is 4.69. The van der Waals surface area contributed by atoms with Gasteiger partial charge in [0.1, 0.15) is 6.07 Å². The SMILES string of the molecule is CCCN(c1ccccc1C#N)C1CC2CCC(C1)N2. The van der Waals surface area contributed by atoms with E-state index < -0.39 is 0 Å². The van der Waals surface area contributed by atoms with Gasteiger partial charge in [0.25, 0.3) is 0 Å². The van der Waals surface area contributed by atoms with Gasteiger partial charge < -0.3 is 10.2 Å². The lowest BCUT2D eigenvalue weighted by Gasteiger charge is -2.39. The van der Waals surface area contributed by atoms with Gasteiger partial charge in [-0.3, -0.25) is 0 Å². The Hall–Kier alpha value is -1.53. The van der Waals surface area contributed by atoms with E-state index in [0.29, 0.717) is 18.1 Å². The Morgan fingerprint density at radius 2 is 1.95 bits per heavy atom. The molecule has 0 spiro atoms. The third kappa shape index (κ3) is 2.53. The second-order valence-electron chi connectivity index (χ2n) is 6.09. The average Bonchev–Trinajstić information content (AvgIpc) is 2.83. The molecule has 2 heterocycles. The van der Waals surface area contributed by atoms with E-state index in [0.717, 1.165) is 24.2 Å². The molecule has 2 saturated heterocycles. The molecule has 1 N–H and O–H groups in total. The summed E-state index contributed by atoms with van der Waals surface area (Å²) >= 11 is 0. The van der Waals surface area contributed by atoms with Crippen LogP contribution in [0.5, 0.6) is 0 Å². The maximum absolute atomic E-state index is 9.36. The van der Waals surface area contributed by atoms with Crippen LogP contribution in [0.1, 0.15) is 44.6 Å². The first-order valence-corrected chi connectivity index (χ1v) is 7.83. The molecule has 2 bridgehead atoms. The number of hydrogen-bond donors (Lipinski definition) is 1. The van der Waals surface area contributed by atoms with Crippen LogP contribution >= 0.6 is 0 Å². The van der Waals surface area contributed by atoms with Crippen molar-refractivity contribution in [2.75, 3.05) is 11.4 Å². The van der Waals surface area contributed by atoms with Crippen molar-refractivity contribution in [3.63, 3.8) is 0 Å². The number of para-hydroxylation sites is 1. The van der Waals surface area contributed by atoms with Gasteiger partial charge in [0.2, 0.25) is 0 Å². The zero-order chi connectivity index (χ0) is 13.9. The minimum atomic E-state index is 0.586. The molecule has 3 heteroatoms. The van der Waals surface area contributed by atoms with E-state index in [2.05, 4.69) is 35.3 Å². The molecule has 0 aromatic heterocycles. The highest BCUT2D eigenvalue weighted by molar-refractivity contribution is 5.60. The number of fused-ring (bicyclic) bond motifs is 2. The lowest BCUT2D eigenvalue weighted by atomic mass is 9.96. The molecule has 1 aromatic rings. The summed E-state index contributed by atoms with van der Waals surface area (Å²) in [5, 5.41) is 13.1. The van der Waals surface area contributed by atoms with E-state index in [1.54, 1.807) is 0 Å². The standard InChI is InChI=1S/C17H23N3/c1-2-9-20(17-6-4-3-5-13(17)12-18)16-10-14-7-8-15(11-16)19-14/h3-6,14-16,19H,2,7-11H2,1H3. The molecule has 3 rings (SSSR count). The summed E-state index contributed by atoms with van der Waals surface area (Å²) in [4.78, 5) is 2.49. The van der Waals surface area contributed by atoms with Crippen molar-refractivity contribution in [2.45, 2.75) is 57.2 Å². The molecule has 3 nitrogen and oxygen atoms in total. The van der Waals surface area contributed by atoms with E-state index in [1.807, 2.05) is 12.1 Å². The van der Waals surface area contributed by atoms with Crippen LogP contribution in [-0.4, -0.2) is 24.7 Å². The Bertz CT molecular complexity index is 493. The predicted molar refractivity (Wildman–Crippen MR) is 81.8 cm³/mol. The van der Waals surface area contributed by atoms with Crippen molar-refractivity contribution in [1.29, 1.82) is 5.26 Å². The Kier molecular flexibility index (Phi) is 3.93. The molecule has 2 aliphatic heterocycles. The van der Waals surface area contributed by atoms with Gasteiger partial charge >= 0.3 is 0 Å². The van der Waals surface area contributed by atoms with E-state index in [4.69, 9.17) is 0 Å². The highest BCUT2D eigenvalue weighted by Crippen LogP contribution is 2.33. The van der Waals surface area contributed by atoms with Gasteiger partial charge in [0.15, 0.2) is 0 Å². The lowest BCUT2D eigenvalue weighted by molar-refractivity contribution is 0.346. The number of benzene rings is 1. The van der Waals surface area contributed by atoms with Crippen LogP contribution in [0.4, 0.5) is 5.69 Å². The number of anilines is 1.